The maximum Gasteiger partial charge on any atom is 0.271 e. The fourth-order valence-electron chi connectivity index (χ4n) is 3.09. The Morgan fingerprint density at radius 2 is 1.73 bits per heavy atom. The summed E-state index contributed by atoms with van der Waals surface area (Å²) in [6.07, 6.45) is 0. The van der Waals surface area contributed by atoms with Crippen LogP contribution in [0.5, 0.6) is 17.4 Å². The molecule has 0 amide bonds. The summed E-state index contributed by atoms with van der Waals surface area (Å²) < 4.78 is 11.6. The Hall–Kier alpha value is -4.05. The summed E-state index contributed by atoms with van der Waals surface area (Å²) in [5, 5.41) is 20.2. The molecule has 30 heavy (non-hydrogen) atoms. The molecule has 0 saturated carbocycles. The third kappa shape index (κ3) is 4.18. The molecular weight excluding hydrogens is 384 g/mol. The van der Waals surface area contributed by atoms with Crippen LogP contribution >= 0.6 is 0 Å². The standard InChI is InChI=1S/C23H20N2O5/c1-15-19(12-24)22(27)25(13-16-6-4-3-5-7-16)23(28)21(15)20(26)14-30-18-10-8-17(29-2)9-11-18/h3-11,28H,13-14H2,1-2H3. The van der Waals surface area contributed by atoms with Crippen molar-refractivity contribution in [1.29, 1.82) is 5.26 Å². The first-order valence-corrected chi connectivity index (χ1v) is 9.16. The zero-order valence-electron chi connectivity index (χ0n) is 16.6. The number of Topliss-reactive ketones (excluding diaryl/α,β-unsaturated/α-hetero) is 1. The zero-order valence-corrected chi connectivity index (χ0v) is 16.6. The van der Waals surface area contributed by atoms with Gasteiger partial charge in [0.05, 0.1) is 19.2 Å². The maximum atomic E-state index is 12.8. The van der Waals surface area contributed by atoms with E-state index in [2.05, 4.69) is 0 Å². The molecule has 1 aromatic heterocycles. The van der Waals surface area contributed by atoms with Gasteiger partial charge in [-0.2, -0.15) is 5.26 Å². The molecule has 0 fully saturated rings. The number of benzene rings is 2. The van der Waals surface area contributed by atoms with Gasteiger partial charge in [-0.25, -0.2) is 0 Å². The van der Waals surface area contributed by atoms with Crippen LogP contribution in [-0.4, -0.2) is 29.2 Å². The van der Waals surface area contributed by atoms with Crippen molar-refractivity contribution in [3.8, 4) is 23.4 Å². The van der Waals surface area contributed by atoms with Crippen molar-refractivity contribution >= 4 is 5.78 Å². The van der Waals surface area contributed by atoms with Gasteiger partial charge >= 0.3 is 0 Å². The van der Waals surface area contributed by atoms with Crippen LogP contribution in [0, 0.1) is 18.3 Å². The SMILES string of the molecule is COc1ccc(OCC(=O)c2c(C)c(C#N)c(=O)n(Cc3ccccc3)c2O)cc1. The third-order valence-corrected chi connectivity index (χ3v) is 4.69. The van der Waals surface area contributed by atoms with Crippen LogP contribution in [0.25, 0.3) is 0 Å². The second-order valence-electron chi connectivity index (χ2n) is 6.57. The molecule has 1 heterocycles. The molecule has 0 saturated heterocycles. The molecule has 7 heteroatoms. The molecule has 152 valence electrons. The summed E-state index contributed by atoms with van der Waals surface area (Å²) in [7, 11) is 1.54. The second-order valence-corrected chi connectivity index (χ2v) is 6.57. The first-order valence-electron chi connectivity index (χ1n) is 9.16. The van der Waals surface area contributed by atoms with E-state index >= 15 is 0 Å². The number of ether oxygens (including phenoxy) is 2. The number of methoxy groups -OCH3 is 1. The molecule has 3 rings (SSSR count). The van der Waals surface area contributed by atoms with Crippen molar-refractivity contribution in [2.75, 3.05) is 13.7 Å². The number of aromatic nitrogens is 1. The summed E-state index contributed by atoms with van der Waals surface area (Å²) in [5.41, 5.74) is -0.0562. The van der Waals surface area contributed by atoms with Crippen LogP contribution in [0.2, 0.25) is 0 Å². The zero-order chi connectivity index (χ0) is 21.7. The van der Waals surface area contributed by atoms with Gasteiger partial charge in [-0.1, -0.05) is 30.3 Å². The quantitative estimate of drug-likeness (QED) is 0.608. The highest BCUT2D eigenvalue weighted by Gasteiger charge is 2.24. The van der Waals surface area contributed by atoms with Crippen LogP contribution in [0.3, 0.4) is 0 Å². The van der Waals surface area contributed by atoms with Gasteiger partial charge in [-0.05, 0) is 42.3 Å². The van der Waals surface area contributed by atoms with Crippen LogP contribution in [0.15, 0.2) is 59.4 Å². The average Bonchev–Trinajstić information content (AvgIpc) is 2.76. The number of rotatable bonds is 7. The van der Waals surface area contributed by atoms with Gasteiger partial charge in [0.2, 0.25) is 11.7 Å². The van der Waals surface area contributed by atoms with E-state index in [1.807, 2.05) is 12.1 Å². The largest absolute Gasteiger partial charge is 0.497 e. The Balaban J connectivity index is 1.94. The van der Waals surface area contributed by atoms with E-state index < -0.39 is 17.2 Å². The van der Waals surface area contributed by atoms with Crippen molar-refractivity contribution < 1.29 is 19.4 Å². The van der Waals surface area contributed by atoms with Gasteiger partial charge in [0.15, 0.2) is 6.61 Å². The third-order valence-electron chi connectivity index (χ3n) is 4.69. The summed E-state index contributed by atoms with van der Waals surface area (Å²) >= 11 is 0. The molecule has 0 radical (unpaired) electrons. The molecule has 0 aliphatic rings. The Morgan fingerprint density at radius 1 is 1.10 bits per heavy atom. The number of nitriles is 1. The first-order chi connectivity index (χ1) is 14.5. The monoisotopic (exact) mass is 404 g/mol. The number of hydrogen-bond acceptors (Lipinski definition) is 6. The number of carbonyl (C=O) groups is 1. The Kier molecular flexibility index (Phi) is 6.18. The normalized spacial score (nSPS) is 10.3. The van der Waals surface area contributed by atoms with E-state index in [0.29, 0.717) is 11.5 Å². The molecular formula is C23H20N2O5. The Labute approximate surface area is 173 Å². The lowest BCUT2D eigenvalue weighted by Crippen LogP contribution is -2.28. The second kappa shape index (κ2) is 8.97. The number of carbonyl (C=O) groups excluding carboxylic acids is 1. The van der Waals surface area contributed by atoms with Gasteiger partial charge in [0.1, 0.15) is 23.1 Å². The molecule has 0 aliphatic carbocycles. The molecule has 0 spiro atoms. The van der Waals surface area contributed by atoms with Crippen molar-refractivity contribution in [3.05, 3.63) is 87.2 Å². The molecule has 0 unspecified atom stereocenters. The van der Waals surface area contributed by atoms with Crippen molar-refractivity contribution in [3.63, 3.8) is 0 Å². The van der Waals surface area contributed by atoms with Gasteiger partial charge in [-0.15, -0.1) is 0 Å². The van der Waals surface area contributed by atoms with Crippen molar-refractivity contribution in [1.82, 2.24) is 4.57 Å². The van der Waals surface area contributed by atoms with Crippen LogP contribution in [-0.2, 0) is 6.54 Å². The van der Waals surface area contributed by atoms with Gasteiger partial charge < -0.3 is 14.6 Å². The number of pyridine rings is 1. The minimum Gasteiger partial charge on any atom is -0.497 e. The lowest BCUT2D eigenvalue weighted by atomic mass is 10.0. The van der Waals surface area contributed by atoms with Gasteiger partial charge in [0, 0.05) is 0 Å². The van der Waals surface area contributed by atoms with Gasteiger partial charge in [0.25, 0.3) is 5.56 Å². The first kappa shape index (κ1) is 20.7. The van der Waals surface area contributed by atoms with Crippen molar-refractivity contribution in [2.45, 2.75) is 13.5 Å². The highest BCUT2D eigenvalue weighted by atomic mass is 16.5. The van der Waals surface area contributed by atoms with E-state index in [-0.39, 0.29) is 29.8 Å². The number of nitrogens with zero attached hydrogens (tertiary/aromatic N) is 2. The minimum atomic E-state index is -0.649. The van der Waals surface area contributed by atoms with E-state index in [1.54, 1.807) is 55.6 Å². The van der Waals surface area contributed by atoms with E-state index in [1.165, 1.54) is 6.92 Å². The smallest absolute Gasteiger partial charge is 0.271 e. The molecule has 7 nitrogen and oxygen atoms in total. The highest BCUT2D eigenvalue weighted by molar-refractivity contribution is 6.01. The molecule has 2 aromatic carbocycles. The molecule has 0 atom stereocenters. The maximum absolute atomic E-state index is 12.8. The Bertz CT molecular complexity index is 1160. The van der Waals surface area contributed by atoms with E-state index in [9.17, 15) is 20.0 Å². The van der Waals surface area contributed by atoms with Crippen LogP contribution < -0.4 is 15.0 Å². The van der Waals surface area contributed by atoms with Gasteiger partial charge in [-0.3, -0.25) is 14.2 Å². The van der Waals surface area contributed by atoms with E-state index in [4.69, 9.17) is 9.47 Å². The predicted molar refractivity (Wildman–Crippen MR) is 110 cm³/mol. The summed E-state index contributed by atoms with van der Waals surface area (Å²) in [5.74, 6) is 0.0658. The summed E-state index contributed by atoms with van der Waals surface area (Å²) in [4.78, 5) is 25.5. The molecule has 0 aliphatic heterocycles. The molecule has 1 N–H and O–H groups in total. The molecule has 0 bridgehead atoms. The highest BCUT2D eigenvalue weighted by Crippen LogP contribution is 2.24. The summed E-state index contributed by atoms with van der Waals surface area (Å²) in [6, 6.07) is 17.5. The summed E-state index contributed by atoms with van der Waals surface area (Å²) in [6.45, 7) is 1.13. The Morgan fingerprint density at radius 3 is 2.33 bits per heavy atom. The topological polar surface area (TPSA) is 102 Å². The predicted octanol–water partition coefficient (Wildman–Crippen LogP) is 3.05. The van der Waals surface area contributed by atoms with E-state index in [0.717, 1.165) is 10.1 Å². The lowest BCUT2D eigenvalue weighted by Gasteiger charge is -2.16. The number of ketones is 1. The van der Waals surface area contributed by atoms with Crippen LogP contribution in [0.1, 0.15) is 27.0 Å². The lowest BCUT2D eigenvalue weighted by molar-refractivity contribution is 0.0916. The fraction of sp³-hybridized carbons (Fsp3) is 0.174. The van der Waals surface area contributed by atoms with Crippen molar-refractivity contribution in [2.24, 2.45) is 0 Å². The molecule has 3 aromatic rings. The number of aromatic hydroxyl groups is 1. The number of hydrogen-bond donors (Lipinski definition) is 1. The fourth-order valence-corrected chi connectivity index (χ4v) is 3.09. The average molecular weight is 404 g/mol. The van der Waals surface area contributed by atoms with Crippen LogP contribution in [0.4, 0.5) is 0 Å². The minimum absolute atomic E-state index is 0.0279.